The van der Waals surface area contributed by atoms with Crippen LogP contribution >= 0.6 is 11.8 Å². The topological polar surface area (TPSA) is 46.6 Å². The highest BCUT2D eigenvalue weighted by Gasteiger charge is 2.41. The molecule has 0 N–H and O–H groups in total. The van der Waals surface area contributed by atoms with Gasteiger partial charge in [-0.15, -0.1) is 11.8 Å². The minimum atomic E-state index is -0.315. The molecule has 0 radical (unpaired) electrons. The summed E-state index contributed by atoms with van der Waals surface area (Å²) in [5.41, 5.74) is 4.90. The van der Waals surface area contributed by atoms with Crippen molar-refractivity contribution in [1.29, 1.82) is 0 Å². The molecule has 5 heteroatoms. The van der Waals surface area contributed by atoms with E-state index < -0.39 is 0 Å². The van der Waals surface area contributed by atoms with Gasteiger partial charge in [0.1, 0.15) is 5.75 Å². The second-order valence-corrected chi connectivity index (χ2v) is 8.63. The Kier molecular flexibility index (Phi) is 6.47. The van der Waals surface area contributed by atoms with E-state index in [-0.39, 0.29) is 11.8 Å². The lowest BCUT2D eigenvalue weighted by Crippen LogP contribution is -2.31. The van der Waals surface area contributed by atoms with Crippen molar-refractivity contribution < 1.29 is 14.3 Å². The highest BCUT2D eigenvalue weighted by Crippen LogP contribution is 2.42. The molecule has 0 unspecified atom stereocenters. The van der Waals surface area contributed by atoms with Gasteiger partial charge in [-0.25, -0.2) is 4.90 Å². The van der Waals surface area contributed by atoms with Gasteiger partial charge in [0.2, 0.25) is 0 Å². The Labute approximate surface area is 192 Å². The SMILES string of the molecule is CCOc1ccccc1N1C(=O)C(SCc2ccccc2)=C(c2ccc(C)cc2C)C1=O. The van der Waals surface area contributed by atoms with Gasteiger partial charge in [-0.2, -0.15) is 0 Å². The van der Waals surface area contributed by atoms with Gasteiger partial charge in [-0.05, 0) is 49.6 Å². The molecular formula is C27H25NO3S. The van der Waals surface area contributed by atoms with Crippen LogP contribution in [0.4, 0.5) is 5.69 Å². The number of ether oxygens (including phenoxy) is 1. The number of para-hydroxylation sites is 2. The first-order chi connectivity index (χ1) is 15.5. The summed E-state index contributed by atoms with van der Waals surface area (Å²) in [7, 11) is 0. The Bertz CT molecular complexity index is 1200. The molecule has 0 atom stereocenters. The third kappa shape index (κ3) is 4.21. The average molecular weight is 444 g/mol. The van der Waals surface area contributed by atoms with E-state index in [1.165, 1.54) is 16.7 Å². The molecule has 1 aliphatic rings. The largest absolute Gasteiger partial charge is 0.492 e. The average Bonchev–Trinajstić information content (AvgIpc) is 3.03. The fourth-order valence-corrected chi connectivity index (χ4v) is 4.90. The number of imide groups is 1. The van der Waals surface area contributed by atoms with Gasteiger partial charge in [-0.3, -0.25) is 9.59 Å². The molecule has 0 saturated heterocycles. The van der Waals surface area contributed by atoms with Crippen molar-refractivity contribution in [3.63, 3.8) is 0 Å². The van der Waals surface area contributed by atoms with Crippen LogP contribution in [0.2, 0.25) is 0 Å². The first-order valence-electron chi connectivity index (χ1n) is 10.6. The lowest BCUT2D eigenvalue weighted by Gasteiger charge is -2.19. The first kappa shape index (κ1) is 21.9. The van der Waals surface area contributed by atoms with E-state index in [4.69, 9.17) is 4.74 Å². The fourth-order valence-electron chi connectivity index (χ4n) is 3.84. The van der Waals surface area contributed by atoms with Crippen molar-refractivity contribution >= 4 is 34.8 Å². The van der Waals surface area contributed by atoms with E-state index in [9.17, 15) is 9.59 Å². The number of carbonyl (C=O) groups is 2. The molecule has 0 aromatic heterocycles. The number of thioether (sulfide) groups is 1. The van der Waals surface area contributed by atoms with Crippen LogP contribution in [0.5, 0.6) is 5.75 Å². The number of hydrogen-bond acceptors (Lipinski definition) is 4. The molecule has 162 valence electrons. The fraction of sp³-hybridized carbons (Fsp3) is 0.185. The summed E-state index contributed by atoms with van der Waals surface area (Å²) < 4.78 is 5.72. The van der Waals surface area contributed by atoms with Crippen LogP contribution in [0, 0.1) is 13.8 Å². The summed E-state index contributed by atoms with van der Waals surface area (Å²) >= 11 is 1.41. The Morgan fingerprint density at radius 2 is 1.59 bits per heavy atom. The number of aryl methyl sites for hydroxylation is 2. The van der Waals surface area contributed by atoms with Gasteiger partial charge in [0.05, 0.1) is 22.8 Å². The molecule has 0 spiro atoms. The molecule has 1 heterocycles. The third-order valence-corrected chi connectivity index (χ3v) is 6.47. The van der Waals surface area contributed by atoms with Crippen LogP contribution in [-0.2, 0) is 15.3 Å². The van der Waals surface area contributed by atoms with E-state index in [2.05, 4.69) is 0 Å². The maximum atomic E-state index is 13.7. The van der Waals surface area contributed by atoms with E-state index in [1.54, 1.807) is 12.1 Å². The van der Waals surface area contributed by atoms with Crippen LogP contribution in [-0.4, -0.2) is 18.4 Å². The number of nitrogens with zero attached hydrogens (tertiary/aromatic N) is 1. The number of rotatable bonds is 7. The predicted octanol–water partition coefficient (Wildman–Crippen LogP) is 5.92. The van der Waals surface area contributed by atoms with Crippen LogP contribution < -0.4 is 9.64 Å². The number of carbonyl (C=O) groups excluding carboxylic acids is 2. The second-order valence-electron chi connectivity index (χ2n) is 7.64. The number of anilines is 1. The van der Waals surface area contributed by atoms with Crippen molar-refractivity contribution in [2.75, 3.05) is 11.5 Å². The van der Waals surface area contributed by atoms with Crippen LogP contribution in [0.15, 0.2) is 77.7 Å². The third-order valence-electron chi connectivity index (χ3n) is 5.32. The van der Waals surface area contributed by atoms with Gasteiger partial charge < -0.3 is 4.74 Å². The van der Waals surface area contributed by atoms with Crippen LogP contribution in [0.25, 0.3) is 5.57 Å². The predicted molar refractivity (Wildman–Crippen MR) is 131 cm³/mol. The monoisotopic (exact) mass is 443 g/mol. The zero-order valence-electron chi connectivity index (χ0n) is 18.4. The molecule has 4 nitrogen and oxygen atoms in total. The molecule has 3 aromatic carbocycles. The molecule has 0 bridgehead atoms. The quantitative estimate of drug-likeness (QED) is 0.425. The first-order valence-corrected chi connectivity index (χ1v) is 11.6. The molecule has 2 amide bonds. The summed E-state index contributed by atoms with van der Waals surface area (Å²) in [6.07, 6.45) is 0. The summed E-state index contributed by atoms with van der Waals surface area (Å²) in [5.74, 6) is 0.499. The highest BCUT2D eigenvalue weighted by atomic mass is 32.2. The Morgan fingerprint density at radius 1 is 0.875 bits per heavy atom. The molecular weight excluding hydrogens is 418 g/mol. The minimum Gasteiger partial charge on any atom is -0.492 e. The van der Waals surface area contributed by atoms with E-state index in [0.29, 0.717) is 34.3 Å². The Balaban J connectivity index is 1.80. The zero-order chi connectivity index (χ0) is 22.7. The van der Waals surface area contributed by atoms with E-state index >= 15 is 0 Å². The maximum absolute atomic E-state index is 13.7. The van der Waals surface area contributed by atoms with Gasteiger partial charge in [0.25, 0.3) is 11.8 Å². The zero-order valence-corrected chi connectivity index (χ0v) is 19.2. The van der Waals surface area contributed by atoms with Gasteiger partial charge in [-0.1, -0.05) is 66.2 Å². The Hall–Kier alpha value is -3.31. The van der Waals surface area contributed by atoms with Crippen molar-refractivity contribution in [2.45, 2.75) is 26.5 Å². The van der Waals surface area contributed by atoms with E-state index in [1.807, 2.05) is 81.4 Å². The molecule has 1 aliphatic heterocycles. The summed E-state index contributed by atoms with van der Waals surface area (Å²) in [5, 5.41) is 0. The summed E-state index contributed by atoms with van der Waals surface area (Å²) in [4.78, 5) is 29.1. The molecule has 0 aliphatic carbocycles. The van der Waals surface area contributed by atoms with Crippen LogP contribution in [0.1, 0.15) is 29.2 Å². The summed E-state index contributed by atoms with van der Waals surface area (Å²) in [6, 6.07) is 23.1. The number of benzene rings is 3. The standard InChI is InChI=1S/C27H25NO3S/c1-4-31-23-13-9-8-12-22(23)28-26(29)24(21-15-14-18(2)16-19(21)3)25(27(28)30)32-17-20-10-6-5-7-11-20/h5-16H,4,17H2,1-3H3. The molecule has 4 rings (SSSR count). The van der Waals surface area contributed by atoms with Crippen molar-refractivity contribution in [3.05, 3.63) is 100.0 Å². The lowest BCUT2D eigenvalue weighted by atomic mass is 9.98. The normalized spacial score (nSPS) is 13.8. The van der Waals surface area contributed by atoms with Gasteiger partial charge in [0, 0.05) is 5.75 Å². The molecule has 32 heavy (non-hydrogen) atoms. The van der Waals surface area contributed by atoms with Gasteiger partial charge in [0.15, 0.2) is 0 Å². The van der Waals surface area contributed by atoms with E-state index in [0.717, 1.165) is 22.3 Å². The summed E-state index contributed by atoms with van der Waals surface area (Å²) in [6.45, 7) is 6.32. The van der Waals surface area contributed by atoms with Crippen molar-refractivity contribution in [2.24, 2.45) is 0 Å². The highest BCUT2D eigenvalue weighted by molar-refractivity contribution is 8.03. The molecule has 0 saturated carbocycles. The van der Waals surface area contributed by atoms with Gasteiger partial charge >= 0.3 is 0 Å². The maximum Gasteiger partial charge on any atom is 0.272 e. The Morgan fingerprint density at radius 3 is 2.31 bits per heavy atom. The van der Waals surface area contributed by atoms with Crippen molar-refractivity contribution in [1.82, 2.24) is 0 Å². The smallest absolute Gasteiger partial charge is 0.272 e. The lowest BCUT2D eigenvalue weighted by molar-refractivity contribution is -0.119. The van der Waals surface area contributed by atoms with Crippen molar-refractivity contribution in [3.8, 4) is 5.75 Å². The minimum absolute atomic E-state index is 0.307. The van der Waals surface area contributed by atoms with Crippen LogP contribution in [0.3, 0.4) is 0 Å². The number of hydrogen-bond donors (Lipinski definition) is 0. The molecule has 3 aromatic rings. The number of amides is 2. The second kappa shape index (κ2) is 9.45. The molecule has 0 fully saturated rings.